The first-order valence-electron chi connectivity index (χ1n) is 3.45. The van der Waals surface area contributed by atoms with Crippen molar-refractivity contribution in [3.05, 3.63) is 12.3 Å². The van der Waals surface area contributed by atoms with Gasteiger partial charge in [0, 0.05) is 19.3 Å². The standard InChI is InChI=1S/C7H12N2O3/c1-5(7(12)8-2)9-4-3-6(10)11/h3-5,9H,1-2H3,(H,8,12)(H,10,11)/b4-3+. The second kappa shape index (κ2) is 5.17. The number of aliphatic carboxylic acids is 1. The normalized spacial score (nSPS) is 12.5. The summed E-state index contributed by atoms with van der Waals surface area (Å²) in [5, 5.41) is 13.2. The summed E-state index contributed by atoms with van der Waals surface area (Å²) in [6.07, 6.45) is 2.15. The van der Waals surface area contributed by atoms with E-state index in [-0.39, 0.29) is 5.91 Å². The molecule has 3 N–H and O–H groups in total. The van der Waals surface area contributed by atoms with Crippen LogP contribution in [0.1, 0.15) is 6.92 Å². The lowest BCUT2D eigenvalue weighted by Crippen LogP contribution is -2.38. The topological polar surface area (TPSA) is 78.4 Å². The monoisotopic (exact) mass is 172 g/mol. The molecule has 12 heavy (non-hydrogen) atoms. The predicted octanol–water partition coefficient (Wildman–Crippen LogP) is -0.691. The molecule has 0 saturated heterocycles. The van der Waals surface area contributed by atoms with Crippen molar-refractivity contribution in [2.24, 2.45) is 0 Å². The van der Waals surface area contributed by atoms with Gasteiger partial charge in [-0.1, -0.05) is 0 Å². The van der Waals surface area contributed by atoms with Gasteiger partial charge in [-0.05, 0) is 6.92 Å². The molecule has 0 aliphatic carbocycles. The lowest BCUT2D eigenvalue weighted by atomic mass is 10.3. The van der Waals surface area contributed by atoms with Gasteiger partial charge in [0.25, 0.3) is 0 Å². The van der Waals surface area contributed by atoms with E-state index in [4.69, 9.17) is 5.11 Å². The SMILES string of the molecule is CNC(=O)C(C)N/C=C/C(=O)O. The van der Waals surface area contributed by atoms with Gasteiger partial charge in [0.2, 0.25) is 5.91 Å². The van der Waals surface area contributed by atoms with Crippen molar-refractivity contribution < 1.29 is 14.7 Å². The maximum Gasteiger partial charge on any atom is 0.329 e. The molecule has 0 aromatic rings. The Balaban J connectivity index is 3.78. The maximum atomic E-state index is 10.8. The van der Waals surface area contributed by atoms with Gasteiger partial charge in [-0.15, -0.1) is 0 Å². The molecule has 0 spiro atoms. The number of carboxylic acid groups (broad SMARTS) is 1. The molecule has 1 unspecified atom stereocenters. The van der Waals surface area contributed by atoms with E-state index in [0.29, 0.717) is 0 Å². The van der Waals surface area contributed by atoms with Crippen LogP contribution < -0.4 is 10.6 Å². The van der Waals surface area contributed by atoms with Crippen molar-refractivity contribution in [2.75, 3.05) is 7.05 Å². The van der Waals surface area contributed by atoms with Crippen LogP contribution >= 0.6 is 0 Å². The molecule has 5 heteroatoms. The highest BCUT2D eigenvalue weighted by atomic mass is 16.4. The Labute approximate surface area is 70.5 Å². The lowest BCUT2D eigenvalue weighted by molar-refractivity contribution is -0.131. The molecule has 5 nitrogen and oxygen atoms in total. The quantitative estimate of drug-likeness (QED) is 0.490. The largest absolute Gasteiger partial charge is 0.478 e. The van der Waals surface area contributed by atoms with E-state index in [9.17, 15) is 9.59 Å². The van der Waals surface area contributed by atoms with E-state index < -0.39 is 12.0 Å². The van der Waals surface area contributed by atoms with Crippen LogP contribution in [-0.2, 0) is 9.59 Å². The molecule has 0 rings (SSSR count). The van der Waals surface area contributed by atoms with E-state index in [1.807, 2.05) is 0 Å². The van der Waals surface area contributed by atoms with E-state index in [1.165, 1.54) is 13.2 Å². The predicted molar refractivity (Wildman–Crippen MR) is 43.4 cm³/mol. The number of rotatable bonds is 4. The number of nitrogens with one attached hydrogen (secondary N) is 2. The van der Waals surface area contributed by atoms with Crippen molar-refractivity contribution in [2.45, 2.75) is 13.0 Å². The molecule has 68 valence electrons. The van der Waals surface area contributed by atoms with Crippen LogP contribution in [0.5, 0.6) is 0 Å². The van der Waals surface area contributed by atoms with Crippen LogP contribution in [0.25, 0.3) is 0 Å². The Hall–Kier alpha value is -1.52. The first-order valence-corrected chi connectivity index (χ1v) is 3.45. The maximum absolute atomic E-state index is 10.8. The molecule has 0 saturated carbocycles. The van der Waals surface area contributed by atoms with Crippen LogP contribution in [-0.4, -0.2) is 30.1 Å². The highest BCUT2D eigenvalue weighted by Crippen LogP contribution is 1.80. The third-order valence-electron chi connectivity index (χ3n) is 1.21. The van der Waals surface area contributed by atoms with Gasteiger partial charge >= 0.3 is 5.97 Å². The first kappa shape index (κ1) is 10.5. The fourth-order valence-electron chi connectivity index (χ4n) is 0.556. The van der Waals surface area contributed by atoms with Crippen LogP contribution in [0.2, 0.25) is 0 Å². The minimum Gasteiger partial charge on any atom is -0.478 e. The molecule has 1 atom stereocenters. The second-order valence-corrected chi connectivity index (χ2v) is 2.17. The number of likely N-dealkylation sites (N-methyl/N-ethyl adjacent to an activating group) is 1. The molecule has 0 heterocycles. The number of amides is 1. The third kappa shape index (κ3) is 4.32. The summed E-state index contributed by atoms with van der Waals surface area (Å²) in [7, 11) is 1.52. The average molecular weight is 172 g/mol. The van der Waals surface area contributed by atoms with E-state index in [0.717, 1.165) is 6.08 Å². The van der Waals surface area contributed by atoms with E-state index >= 15 is 0 Å². The molecular weight excluding hydrogens is 160 g/mol. The lowest BCUT2D eigenvalue weighted by Gasteiger charge is -2.08. The van der Waals surface area contributed by atoms with E-state index in [1.54, 1.807) is 6.92 Å². The summed E-state index contributed by atoms with van der Waals surface area (Å²) < 4.78 is 0. The number of hydrogen-bond donors (Lipinski definition) is 3. The summed E-state index contributed by atoms with van der Waals surface area (Å²) in [6.45, 7) is 1.63. The van der Waals surface area contributed by atoms with Gasteiger partial charge in [0.15, 0.2) is 0 Å². The number of carbonyl (C=O) groups excluding carboxylic acids is 1. The van der Waals surface area contributed by atoms with Crippen molar-refractivity contribution >= 4 is 11.9 Å². The molecular formula is C7H12N2O3. The molecule has 0 radical (unpaired) electrons. The molecule has 1 amide bonds. The average Bonchev–Trinajstić information content (AvgIpc) is 2.02. The molecule has 0 aromatic heterocycles. The number of carboxylic acids is 1. The minimum absolute atomic E-state index is 0.190. The zero-order valence-electron chi connectivity index (χ0n) is 7.00. The molecule has 0 fully saturated rings. The fourth-order valence-corrected chi connectivity index (χ4v) is 0.556. The Bertz CT molecular complexity index is 201. The molecule has 0 aromatic carbocycles. The summed E-state index contributed by atoms with van der Waals surface area (Å²) in [5.41, 5.74) is 0. The zero-order chi connectivity index (χ0) is 9.56. The van der Waals surface area contributed by atoms with Crippen LogP contribution in [0.15, 0.2) is 12.3 Å². The first-order chi connectivity index (χ1) is 5.57. The number of hydrogen-bond acceptors (Lipinski definition) is 3. The van der Waals surface area contributed by atoms with Crippen LogP contribution in [0.3, 0.4) is 0 Å². The van der Waals surface area contributed by atoms with Gasteiger partial charge in [-0.25, -0.2) is 4.79 Å². The van der Waals surface area contributed by atoms with Crippen LogP contribution in [0, 0.1) is 0 Å². The Morgan fingerprint density at radius 3 is 2.50 bits per heavy atom. The van der Waals surface area contributed by atoms with Crippen LogP contribution in [0.4, 0.5) is 0 Å². The van der Waals surface area contributed by atoms with Crippen molar-refractivity contribution in [3.63, 3.8) is 0 Å². The number of carbonyl (C=O) groups is 2. The Morgan fingerprint density at radius 1 is 1.50 bits per heavy atom. The van der Waals surface area contributed by atoms with Crippen molar-refractivity contribution in [1.29, 1.82) is 0 Å². The molecule has 0 bridgehead atoms. The summed E-state index contributed by atoms with van der Waals surface area (Å²) in [6, 6.07) is -0.425. The highest BCUT2D eigenvalue weighted by Gasteiger charge is 2.06. The van der Waals surface area contributed by atoms with Gasteiger partial charge in [0.05, 0.1) is 0 Å². The Morgan fingerprint density at radius 2 is 2.08 bits per heavy atom. The van der Waals surface area contributed by atoms with Gasteiger partial charge in [-0.3, -0.25) is 4.79 Å². The van der Waals surface area contributed by atoms with Gasteiger partial charge in [0.1, 0.15) is 6.04 Å². The van der Waals surface area contributed by atoms with Gasteiger partial charge < -0.3 is 15.7 Å². The summed E-state index contributed by atoms with van der Waals surface area (Å²) >= 11 is 0. The van der Waals surface area contributed by atoms with Crippen molar-refractivity contribution in [1.82, 2.24) is 10.6 Å². The molecule has 0 aliphatic heterocycles. The highest BCUT2D eigenvalue weighted by molar-refractivity contribution is 5.82. The second-order valence-electron chi connectivity index (χ2n) is 2.17. The summed E-state index contributed by atoms with van der Waals surface area (Å²) in [5.74, 6) is -1.24. The fraction of sp³-hybridized carbons (Fsp3) is 0.429. The minimum atomic E-state index is -1.05. The molecule has 0 aliphatic rings. The van der Waals surface area contributed by atoms with Gasteiger partial charge in [-0.2, -0.15) is 0 Å². The smallest absolute Gasteiger partial charge is 0.329 e. The summed E-state index contributed by atoms with van der Waals surface area (Å²) in [4.78, 5) is 20.8. The Kier molecular flexibility index (Phi) is 4.52. The van der Waals surface area contributed by atoms with E-state index in [2.05, 4.69) is 10.6 Å². The van der Waals surface area contributed by atoms with Crippen molar-refractivity contribution in [3.8, 4) is 0 Å². The third-order valence-corrected chi connectivity index (χ3v) is 1.21. The zero-order valence-corrected chi connectivity index (χ0v) is 7.00.